The van der Waals surface area contributed by atoms with Crippen LogP contribution >= 0.6 is 0 Å². The fraction of sp³-hybridized carbons (Fsp3) is 0.400. The number of aromatic carboxylic acids is 1. The zero-order chi connectivity index (χ0) is 15.0. The van der Waals surface area contributed by atoms with Crippen molar-refractivity contribution < 1.29 is 14.7 Å². The number of fused-ring (bicyclic) bond motifs is 1. The monoisotopic (exact) mass is 287 g/mol. The lowest BCUT2D eigenvalue weighted by molar-refractivity contribution is -0.120. The van der Waals surface area contributed by atoms with Gasteiger partial charge in [0.05, 0.1) is 16.6 Å². The minimum absolute atomic E-state index is 0.0132. The Morgan fingerprint density at radius 1 is 1.43 bits per heavy atom. The summed E-state index contributed by atoms with van der Waals surface area (Å²) in [5, 5.41) is 11.7. The molecule has 0 unspecified atom stereocenters. The first-order chi connectivity index (χ1) is 10.1. The highest BCUT2D eigenvalue weighted by Crippen LogP contribution is 2.40. The number of carboxylic acid groups (broad SMARTS) is 1. The van der Waals surface area contributed by atoms with E-state index in [4.69, 9.17) is 5.11 Å². The number of carbonyl (C=O) groups excluding carboxylic acids is 1. The zero-order valence-electron chi connectivity index (χ0n) is 11.8. The van der Waals surface area contributed by atoms with Crippen LogP contribution in [0.1, 0.15) is 41.4 Å². The fourth-order valence-electron chi connectivity index (χ4n) is 2.51. The van der Waals surface area contributed by atoms with E-state index < -0.39 is 5.97 Å². The number of imidazole rings is 1. The first-order valence-electron chi connectivity index (χ1n) is 7.04. The third kappa shape index (κ3) is 2.61. The maximum atomic E-state index is 11.5. The van der Waals surface area contributed by atoms with Crippen LogP contribution in [0.25, 0.3) is 11.0 Å². The standard InChI is InChI=1S/C15H17N3O3/c1-16-13(19)6-7-18-12-5-4-10(15(20)21)8-11(12)17-14(18)9-2-3-9/h4-5,8-9H,2-3,6-7H2,1H3,(H,16,19)(H,20,21). The van der Waals surface area contributed by atoms with Gasteiger partial charge < -0.3 is 15.0 Å². The van der Waals surface area contributed by atoms with E-state index in [2.05, 4.69) is 10.3 Å². The SMILES string of the molecule is CNC(=O)CCn1c(C2CC2)nc2cc(C(=O)O)ccc21. The summed E-state index contributed by atoms with van der Waals surface area (Å²) in [5.74, 6) is 0.442. The highest BCUT2D eigenvalue weighted by molar-refractivity contribution is 5.92. The molecule has 1 aromatic carbocycles. The molecule has 3 rings (SSSR count). The van der Waals surface area contributed by atoms with Crippen molar-refractivity contribution in [3.05, 3.63) is 29.6 Å². The second-order valence-corrected chi connectivity index (χ2v) is 5.33. The average Bonchev–Trinajstić information content (AvgIpc) is 3.26. The Balaban J connectivity index is 2.01. The molecule has 6 heteroatoms. The molecule has 1 aromatic heterocycles. The van der Waals surface area contributed by atoms with Crippen molar-refractivity contribution in [3.63, 3.8) is 0 Å². The van der Waals surface area contributed by atoms with Crippen LogP contribution in [0.2, 0.25) is 0 Å². The number of nitrogens with one attached hydrogen (secondary N) is 1. The molecule has 2 aromatic rings. The van der Waals surface area contributed by atoms with Gasteiger partial charge in [0.2, 0.25) is 5.91 Å². The Bertz CT molecular complexity index is 716. The molecule has 1 aliphatic rings. The molecule has 21 heavy (non-hydrogen) atoms. The first kappa shape index (κ1) is 13.6. The number of carboxylic acids is 1. The number of rotatable bonds is 5. The van der Waals surface area contributed by atoms with Crippen molar-refractivity contribution in [2.24, 2.45) is 0 Å². The average molecular weight is 287 g/mol. The van der Waals surface area contributed by atoms with Gasteiger partial charge >= 0.3 is 5.97 Å². The van der Waals surface area contributed by atoms with E-state index >= 15 is 0 Å². The summed E-state index contributed by atoms with van der Waals surface area (Å²) in [7, 11) is 1.62. The fourth-order valence-corrected chi connectivity index (χ4v) is 2.51. The Morgan fingerprint density at radius 2 is 2.19 bits per heavy atom. The Kier molecular flexibility index (Phi) is 3.37. The van der Waals surface area contributed by atoms with Crippen LogP contribution in [0.5, 0.6) is 0 Å². The van der Waals surface area contributed by atoms with Gasteiger partial charge in [-0.25, -0.2) is 9.78 Å². The minimum Gasteiger partial charge on any atom is -0.478 e. The molecule has 1 heterocycles. The number of hydrogen-bond acceptors (Lipinski definition) is 3. The zero-order valence-corrected chi connectivity index (χ0v) is 11.8. The lowest BCUT2D eigenvalue weighted by atomic mass is 10.2. The van der Waals surface area contributed by atoms with Crippen molar-refractivity contribution in [1.82, 2.24) is 14.9 Å². The Hall–Kier alpha value is -2.37. The minimum atomic E-state index is -0.954. The predicted octanol–water partition coefficient (Wildman–Crippen LogP) is 1.75. The number of aromatic nitrogens is 2. The van der Waals surface area contributed by atoms with Crippen LogP contribution in [0.4, 0.5) is 0 Å². The molecule has 6 nitrogen and oxygen atoms in total. The summed E-state index contributed by atoms with van der Waals surface area (Å²) in [6.07, 6.45) is 2.60. The number of nitrogens with zero attached hydrogens (tertiary/aromatic N) is 2. The molecular weight excluding hydrogens is 270 g/mol. The molecule has 0 atom stereocenters. The quantitative estimate of drug-likeness (QED) is 0.877. The maximum absolute atomic E-state index is 11.5. The molecule has 110 valence electrons. The van der Waals surface area contributed by atoms with Gasteiger partial charge in [-0.3, -0.25) is 4.79 Å². The highest BCUT2D eigenvalue weighted by Gasteiger charge is 2.29. The van der Waals surface area contributed by atoms with Crippen LogP contribution < -0.4 is 5.32 Å². The topological polar surface area (TPSA) is 84.2 Å². The van der Waals surface area contributed by atoms with Crippen LogP contribution in [0.15, 0.2) is 18.2 Å². The Morgan fingerprint density at radius 3 is 2.81 bits per heavy atom. The summed E-state index contributed by atoms with van der Waals surface area (Å²) in [4.78, 5) is 27.1. The van der Waals surface area contributed by atoms with Gasteiger partial charge in [-0.05, 0) is 31.0 Å². The van der Waals surface area contributed by atoms with Crippen LogP contribution in [-0.2, 0) is 11.3 Å². The van der Waals surface area contributed by atoms with E-state index in [0.717, 1.165) is 24.2 Å². The van der Waals surface area contributed by atoms with Gasteiger partial charge in [-0.2, -0.15) is 0 Å². The van der Waals surface area contributed by atoms with Crippen LogP contribution in [-0.4, -0.2) is 33.6 Å². The normalized spacial score (nSPS) is 14.3. The molecule has 1 saturated carbocycles. The van der Waals surface area contributed by atoms with Crippen molar-refractivity contribution in [2.45, 2.75) is 31.7 Å². The largest absolute Gasteiger partial charge is 0.478 e. The molecule has 1 aliphatic carbocycles. The summed E-state index contributed by atoms with van der Waals surface area (Å²) in [6.45, 7) is 0.564. The summed E-state index contributed by atoms with van der Waals surface area (Å²) in [6, 6.07) is 4.96. The second kappa shape index (κ2) is 5.20. The molecule has 0 saturated heterocycles. The van der Waals surface area contributed by atoms with Crippen LogP contribution in [0, 0.1) is 0 Å². The number of aryl methyl sites for hydroxylation is 1. The second-order valence-electron chi connectivity index (χ2n) is 5.33. The molecule has 0 aliphatic heterocycles. The Labute approximate surface area is 121 Å². The molecule has 0 bridgehead atoms. The molecule has 0 radical (unpaired) electrons. The number of amides is 1. The van der Waals surface area contributed by atoms with Crippen molar-refractivity contribution in [3.8, 4) is 0 Å². The summed E-state index contributed by atoms with van der Waals surface area (Å²) >= 11 is 0. The van der Waals surface area contributed by atoms with E-state index in [-0.39, 0.29) is 11.5 Å². The summed E-state index contributed by atoms with van der Waals surface area (Å²) < 4.78 is 2.05. The third-order valence-electron chi connectivity index (χ3n) is 3.81. The molecule has 1 fully saturated rings. The van der Waals surface area contributed by atoms with Gasteiger partial charge in [0.15, 0.2) is 0 Å². The lowest BCUT2D eigenvalue weighted by Gasteiger charge is -2.08. The smallest absolute Gasteiger partial charge is 0.335 e. The van der Waals surface area contributed by atoms with E-state index in [9.17, 15) is 9.59 Å². The van der Waals surface area contributed by atoms with E-state index in [1.165, 1.54) is 0 Å². The number of hydrogen-bond donors (Lipinski definition) is 2. The van der Waals surface area contributed by atoms with E-state index in [1.54, 1.807) is 25.2 Å². The molecule has 2 N–H and O–H groups in total. The maximum Gasteiger partial charge on any atom is 0.335 e. The van der Waals surface area contributed by atoms with Crippen LogP contribution in [0.3, 0.4) is 0 Å². The lowest BCUT2D eigenvalue weighted by Crippen LogP contribution is -2.20. The molecule has 1 amide bonds. The van der Waals surface area contributed by atoms with Gasteiger partial charge in [-0.15, -0.1) is 0 Å². The number of carbonyl (C=O) groups is 2. The van der Waals surface area contributed by atoms with E-state index in [0.29, 0.717) is 24.4 Å². The van der Waals surface area contributed by atoms with Gasteiger partial charge in [-0.1, -0.05) is 0 Å². The van der Waals surface area contributed by atoms with Gasteiger partial charge in [0, 0.05) is 25.9 Å². The van der Waals surface area contributed by atoms with Gasteiger partial charge in [0.25, 0.3) is 0 Å². The molecular formula is C15H17N3O3. The predicted molar refractivity (Wildman–Crippen MR) is 77.4 cm³/mol. The molecule has 0 spiro atoms. The van der Waals surface area contributed by atoms with Crippen molar-refractivity contribution in [1.29, 1.82) is 0 Å². The van der Waals surface area contributed by atoms with Gasteiger partial charge in [0.1, 0.15) is 5.82 Å². The van der Waals surface area contributed by atoms with Crippen molar-refractivity contribution in [2.75, 3.05) is 7.05 Å². The highest BCUT2D eigenvalue weighted by atomic mass is 16.4. The van der Waals surface area contributed by atoms with E-state index in [1.807, 2.05) is 4.57 Å². The first-order valence-corrected chi connectivity index (χ1v) is 7.04. The number of benzene rings is 1. The summed E-state index contributed by atoms with van der Waals surface area (Å²) in [5.41, 5.74) is 1.82. The van der Waals surface area contributed by atoms with Crippen molar-refractivity contribution >= 4 is 22.9 Å². The third-order valence-corrected chi connectivity index (χ3v) is 3.81.